The molecule has 1 aromatic carbocycles. The van der Waals surface area contributed by atoms with Crippen LogP contribution in [-0.4, -0.2) is 35.3 Å². The summed E-state index contributed by atoms with van der Waals surface area (Å²) in [6.07, 6.45) is 2.28. The van der Waals surface area contributed by atoms with Gasteiger partial charge in [0.1, 0.15) is 5.82 Å². The number of amides is 1. The first-order valence-corrected chi connectivity index (χ1v) is 8.74. The average molecular weight is 332 g/mol. The number of halogens is 1. The number of nitrogens with zero attached hydrogens (tertiary/aromatic N) is 2. The summed E-state index contributed by atoms with van der Waals surface area (Å²) < 4.78 is 13.0. The van der Waals surface area contributed by atoms with Crippen molar-refractivity contribution >= 4 is 17.2 Å². The predicted molar refractivity (Wildman–Crippen MR) is 90.6 cm³/mol. The number of hydrogen-bond donors (Lipinski definition) is 0. The number of hydrogen-bond acceptors (Lipinski definition) is 3. The number of thiophene rings is 1. The Bertz CT molecular complexity index is 638. The SMILES string of the molecule is CN(Cc1cccs1)C(=O)CN(Cc1ccc(F)cc1)C1CC1. The Kier molecular flexibility index (Phi) is 5.08. The van der Waals surface area contributed by atoms with Crippen molar-refractivity contribution < 1.29 is 9.18 Å². The highest BCUT2D eigenvalue weighted by Gasteiger charge is 2.31. The molecule has 1 heterocycles. The van der Waals surface area contributed by atoms with Gasteiger partial charge in [-0.25, -0.2) is 4.39 Å². The van der Waals surface area contributed by atoms with E-state index in [1.54, 1.807) is 28.4 Å². The van der Waals surface area contributed by atoms with Gasteiger partial charge in [0.2, 0.25) is 5.91 Å². The maximum Gasteiger partial charge on any atom is 0.236 e. The zero-order valence-corrected chi connectivity index (χ0v) is 14.1. The Morgan fingerprint density at radius 1 is 1.22 bits per heavy atom. The molecule has 1 aliphatic carbocycles. The fraction of sp³-hybridized carbons (Fsp3) is 0.389. The minimum Gasteiger partial charge on any atom is -0.340 e. The lowest BCUT2D eigenvalue weighted by atomic mass is 10.2. The zero-order chi connectivity index (χ0) is 16.2. The van der Waals surface area contributed by atoms with E-state index in [2.05, 4.69) is 4.90 Å². The molecule has 0 bridgehead atoms. The molecule has 3 rings (SSSR count). The highest BCUT2D eigenvalue weighted by Crippen LogP contribution is 2.28. The number of benzene rings is 1. The van der Waals surface area contributed by atoms with E-state index in [4.69, 9.17) is 0 Å². The minimum atomic E-state index is -0.224. The van der Waals surface area contributed by atoms with Crippen LogP contribution in [0.1, 0.15) is 23.3 Å². The van der Waals surface area contributed by atoms with Crippen LogP contribution in [0.5, 0.6) is 0 Å². The highest BCUT2D eigenvalue weighted by atomic mass is 32.1. The molecular weight excluding hydrogens is 311 g/mol. The molecule has 0 unspecified atom stereocenters. The minimum absolute atomic E-state index is 0.132. The standard InChI is InChI=1S/C18H21FN2OS/c1-20(12-17-3-2-10-23-17)18(22)13-21(16-8-9-16)11-14-4-6-15(19)7-5-14/h2-7,10,16H,8-9,11-13H2,1H3. The largest absolute Gasteiger partial charge is 0.340 e. The Labute approximate surface area is 140 Å². The summed E-state index contributed by atoms with van der Waals surface area (Å²) in [6, 6.07) is 11.1. The van der Waals surface area contributed by atoms with E-state index >= 15 is 0 Å². The Morgan fingerprint density at radius 3 is 2.57 bits per heavy atom. The Morgan fingerprint density at radius 2 is 1.96 bits per heavy atom. The van der Waals surface area contributed by atoms with Crippen LogP contribution >= 0.6 is 11.3 Å². The van der Waals surface area contributed by atoms with Gasteiger partial charge < -0.3 is 4.90 Å². The molecule has 0 spiro atoms. The molecule has 0 radical (unpaired) electrons. The second-order valence-corrected chi connectivity index (χ2v) is 7.12. The molecule has 23 heavy (non-hydrogen) atoms. The van der Waals surface area contributed by atoms with Crippen molar-refractivity contribution in [2.45, 2.75) is 32.0 Å². The van der Waals surface area contributed by atoms with Gasteiger partial charge in [0.05, 0.1) is 13.1 Å². The van der Waals surface area contributed by atoms with Gasteiger partial charge >= 0.3 is 0 Å². The van der Waals surface area contributed by atoms with E-state index < -0.39 is 0 Å². The number of carbonyl (C=O) groups excluding carboxylic acids is 1. The molecule has 1 saturated carbocycles. The Hall–Kier alpha value is -1.72. The van der Waals surface area contributed by atoms with Gasteiger partial charge in [0.25, 0.3) is 0 Å². The van der Waals surface area contributed by atoms with Crippen LogP contribution in [-0.2, 0) is 17.9 Å². The van der Waals surface area contributed by atoms with E-state index in [9.17, 15) is 9.18 Å². The molecule has 3 nitrogen and oxygen atoms in total. The molecule has 0 saturated heterocycles. The molecule has 0 N–H and O–H groups in total. The molecule has 1 fully saturated rings. The van der Waals surface area contributed by atoms with Crippen molar-refractivity contribution in [3.8, 4) is 0 Å². The fourth-order valence-electron chi connectivity index (χ4n) is 2.60. The fourth-order valence-corrected chi connectivity index (χ4v) is 3.35. The highest BCUT2D eigenvalue weighted by molar-refractivity contribution is 7.09. The molecule has 1 aromatic heterocycles. The van der Waals surface area contributed by atoms with Gasteiger partial charge in [-0.1, -0.05) is 18.2 Å². The van der Waals surface area contributed by atoms with Crippen molar-refractivity contribution in [3.05, 3.63) is 58.0 Å². The van der Waals surface area contributed by atoms with Crippen LogP contribution in [0.15, 0.2) is 41.8 Å². The first kappa shape index (κ1) is 16.1. The van der Waals surface area contributed by atoms with Crippen molar-refractivity contribution in [1.29, 1.82) is 0 Å². The summed E-state index contributed by atoms with van der Waals surface area (Å²) in [7, 11) is 1.85. The summed E-state index contributed by atoms with van der Waals surface area (Å²) in [5.74, 6) is -0.0918. The van der Waals surface area contributed by atoms with E-state index in [1.807, 2.05) is 24.6 Å². The third-order valence-electron chi connectivity index (χ3n) is 4.10. The second-order valence-electron chi connectivity index (χ2n) is 6.09. The molecule has 1 aliphatic rings. The number of carbonyl (C=O) groups is 1. The quantitative estimate of drug-likeness (QED) is 0.775. The summed E-state index contributed by atoms with van der Waals surface area (Å²) in [5, 5.41) is 2.03. The van der Waals surface area contributed by atoms with Crippen LogP contribution in [0.2, 0.25) is 0 Å². The van der Waals surface area contributed by atoms with E-state index in [0.29, 0.717) is 25.7 Å². The van der Waals surface area contributed by atoms with E-state index in [1.165, 1.54) is 17.0 Å². The normalized spacial score (nSPS) is 14.2. The molecule has 0 aliphatic heterocycles. The van der Waals surface area contributed by atoms with Crippen molar-refractivity contribution in [3.63, 3.8) is 0 Å². The predicted octanol–water partition coefficient (Wildman–Crippen LogP) is 3.51. The first-order valence-electron chi connectivity index (χ1n) is 7.86. The maximum absolute atomic E-state index is 13.0. The van der Waals surface area contributed by atoms with Gasteiger partial charge in [-0.15, -0.1) is 11.3 Å². The molecule has 1 amide bonds. The van der Waals surface area contributed by atoms with Gasteiger partial charge in [-0.2, -0.15) is 0 Å². The molecule has 0 atom stereocenters. The van der Waals surface area contributed by atoms with Crippen molar-refractivity contribution in [2.24, 2.45) is 0 Å². The second kappa shape index (κ2) is 7.23. The van der Waals surface area contributed by atoms with E-state index in [-0.39, 0.29) is 11.7 Å². The maximum atomic E-state index is 13.0. The lowest BCUT2D eigenvalue weighted by molar-refractivity contribution is -0.131. The third kappa shape index (κ3) is 4.62. The van der Waals surface area contributed by atoms with Gasteiger partial charge in [0.15, 0.2) is 0 Å². The third-order valence-corrected chi connectivity index (χ3v) is 4.96. The summed E-state index contributed by atoms with van der Waals surface area (Å²) in [6.45, 7) is 1.78. The lowest BCUT2D eigenvalue weighted by Crippen LogP contribution is -2.38. The summed E-state index contributed by atoms with van der Waals surface area (Å²) in [4.78, 5) is 17.7. The molecule has 5 heteroatoms. The topological polar surface area (TPSA) is 23.6 Å². The van der Waals surface area contributed by atoms with Crippen LogP contribution in [0, 0.1) is 5.82 Å². The molecule has 2 aromatic rings. The Balaban J connectivity index is 1.58. The van der Waals surface area contributed by atoms with Gasteiger partial charge in [-0.3, -0.25) is 9.69 Å². The molecular formula is C18H21FN2OS. The van der Waals surface area contributed by atoms with Crippen LogP contribution in [0.3, 0.4) is 0 Å². The monoisotopic (exact) mass is 332 g/mol. The average Bonchev–Trinajstić information content (AvgIpc) is 3.26. The van der Waals surface area contributed by atoms with Crippen LogP contribution < -0.4 is 0 Å². The smallest absolute Gasteiger partial charge is 0.236 e. The van der Waals surface area contributed by atoms with Crippen molar-refractivity contribution in [1.82, 2.24) is 9.80 Å². The zero-order valence-electron chi connectivity index (χ0n) is 13.2. The number of rotatable bonds is 7. The van der Waals surface area contributed by atoms with Crippen molar-refractivity contribution in [2.75, 3.05) is 13.6 Å². The van der Waals surface area contributed by atoms with Gasteiger partial charge in [0, 0.05) is 24.5 Å². The molecule has 122 valence electrons. The van der Waals surface area contributed by atoms with Gasteiger partial charge in [-0.05, 0) is 42.0 Å². The first-order chi connectivity index (χ1) is 11.1. The van der Waals surface area contributed by atoms with Crippen LogP contribution in [0.25, 0.3) is 0 Å². The lowest BCUT2D eigenvalue weighted by Gasteiger charge is -2.25. The van der Waals surface area contributed by atoms with Crippen LogP contribution in [0.4, 0.5) is 4.39 Å². The summed E-state index contributed by atoms with van der Waals surface area (Å²) in [5.41, 5.74) is 1.05. The number of likely N-dealkylation sites (N-methyl/N-ethyl adjacent to an activating group) is 1. The summed E-state index contributed by atoms with van der Waals surface area (Å²) >= 11 is 1.67. The van der Waals surface area contributed by atoms with E-state index in [0.717, 1.165) is 18.4 Å².